The number of anilines is 1. The van der Waals surface area contributed by atoms with Crippen molar-refractivity contribution in [3.05, 3.63) is 36.0 Å². The van der Waals surface area contributed by atoms with Crippen molar-refractivity contribution in [3.63, 3.8) is 0 Å². The summed E-state index contributed by atoms with van der Waals surface area (Å²) < 4.78 is 5.20. The van der Waals surface area contributed by atoms with Gasteiger partial charge in [-0.2, -0.15) is 5.10 Å². The predicted molar refractivity (Wildman–Crippen MR) is 76.1 cm³/mol. The first-order valence-corrected chi connectivity index (χ1v) is 6.54. The number of hydrogen-bond donors (Lipinski definition) is 2. The Balaban J connectivity index is 2.13. The second kappa shape index (κ2) is 4.74. The van der Waals surface area contributed by atoms with Crippen molar-refractivity contribution in [2.45, 2.75) is 0 Å². The molecule has 0 aliphatic rings. The van der Waals surface area contributed by atoms with Gasteiger partial charge in [0.2, 0.25) is 0 Å². The first-order chi connectivity index (χ1) is 9.29. The van der Waals surface area contributed by atoms with Crippen LogP contribution in [0, 0.1) is 0 Å². The van der Waals surface area contributed by atoms with Crippen LogP contribution in [-0.4, -0.2) is 22.3 Å². The summed E-state index contributed by atoms with van der Waals surface area (Å²) in [5, 5.41) is 9.02. The smallest absolute Gasteiger partial charge is 0.153 e. The van der Waals surface area contributed by atoms with Gasteiger partial charge < -0.3 is 10.5 Å². The lowest BCUT2D eigenvalue weighted by atomic mass is 10.1. The molecule has 0 aliphatic carbocycles. The van der Waals surface area contributed by atoms with Gasteiger partial charge in [-0.05, 0) is 6.07 Å². The molecule has 19 heavy (non-hydrogen) atoms. The summed E-state index contributed by atoms with van der Waals surface area (Å²) in [7, 11) is 1.65. The number of nitrogens with two attached hydrogens (primary N) is 1. The Morgan fingerprint density at radius 1 is 1.42 bits per heavy atom. The Hall–Kier alpha value is -2.34. The fourth-order valence-corrected chi connectivity index (χ4v) is 2.75. The minimum atomic E-state index is 0.468. The highest BCUT2D eigenvalue weighted by atomic mass is 32.1. The van der Waals surface area contributed by atoms with Crippen LogP contribution < -0.4 is 10.5 Å². The van der Waals surface area contributed by atoms with Gasteiger partial charge in [-0.1, -0.05) is 6.07 Å². The van der Waals surface area contributed by atoms with Crippen LogP contribution in [0.2, 0.25) is 0 Å². The molecule has 3 aromatic rings. The van der Waals surface area contributed by atoms with Crippen LogP contribution in [0.25, 0.3) is 21.7 Å². The van der Waals surface area contributed by atoms with E-state index >= 15 is 0 Å². The van der Waals surface area contributed by atoms with E-state index in [9.17, 15) is 0 Å². The lowest BCUT2D eigenvalue weighted by Crippen LogP contribution is -1.88. The molecule has 3 rings (SSSR count). The van der Waals surface area contributed by atoms with Gasteiger partial charge in [0, 0.05) is 29.4 Å². The van der Waals surface area contributed by atoms with Crippen molar-refractivity contribution < 1.29 is 4.74 Å². The number of hydrogen-bond acceptors (Lipinski definition) is 5. The number of nitrogens with one attached hydrogen (secondary N) is 1. The van der Waals surface area contributed by atoms with Crippen LogP contribution in [0.4, 0.5) is 5.82 Å². The highest BCUT2D eigenvalue weighted by Crippen LogP contribution is 2.38. The van der Waals surface area contributed by atoms with Gasteiger partial charge in [-0.15, -0.1) is 11.3 Å². The Morgan fingerprint density at radius 3 is 3.00 bits per heavy atom. The van der Waals surface area contributed by atoms with Crippen molar-refractivity contribution in [1.29, 1.82) is 0 Å². The number of rotatable bonds is 3. The van der Waals surface area contributed by atoms with Gasteiger partial charge in [0.05, 0.1) is 23.2 Å². The van der Waals surface area contributed by atoms with Gasteiger partial charge in [-0.25, -0.2) is 0 Å². The van der Waals surface area contributed by atoms with E-state index in [1.807, 2.05) is 23.6 Å². The Labute approximate surface area is 114 Å². The Morgan fingerprint density at radius 2 is 2.32 bits per heavy atom. The number of H-pyrrole nitrogens is 1. The molecule has 0 bridgehead atoms. The van der Waals surface area contributed by atoms with E-state index in [1.165, 1.54) is 0 Å². The number of aromatic amines is 1. The van der Waals surface area contributed by atoms with E-state index in [2.05, 4.69) is 15.2 Å². The number of aromatic nitrogens is 3. The second-order valence-electron chi connectivity index (χ2n) is 3.95. The zero-order chi connectivity index (χ0) is 13.2. The second-order valence-corrected chi connectivity index (χ2v) is 4.86. The molecule has 0 aromatic carbocycles. The minimum Gasteiger partial charge on any atom is -0.496 e. The number of ether oxygens (including phenoxy) is 1. The molecular weight excluding hydrogens is 260 g/mol. The number of nitrogens with zero attached hydrogens (tertiary/aromatic N) is 2. The van der Waals surface area contributed by atoms with E-state index < -0.39 is 0 Å². The standard InChI is InChI=1S/C13H12N4OS/c1-18-9-5-10(19-7-9)12-11(13(14)17-16-12)8-3-2-4-15-6-8/h2-7H,1H3,(H3,14,16,17). The molecule has 96 valence electrons. The summed E-state index contributed by atoms with van der Waals surface area (Å²) in [6.45, 7) is 0. The van der Waals surface area contributed by atoms with Crippen LogP contribution in [0.3, 0.4) is 0 Å². The van der Waals surface area contributed by atoms with E-state index in [4.69, 9.17) is 10.5 Å². The summed E-state index contributed by atoms with van der Waals surface area (Å²) in [6.07, 6.45) is 3.50. The third-order valence-corrected chi connectivity index (χ3v) is 3.73. The van der Waals surface area contributed by atoms with Crippen LogP contribution in [-0.2, 0) is 0 Å². The summed E-state index contributed by atoms with van der Waals surface area (Å²) in [5.41, 5.74) is 8.65. The highest BCUT2D eigenvalue weighted by molar-refractivity contribution is 7.13. The zero-order valence-corrected chi connectivity index (χ0v) is 11.1. The van der Waals surface area contributed by atoms with Crippen LogP contribution in [0.15, 0.2) is 36.0 Å². The molecule has 0 saturated carbocycles. The molecule has 0 amide bonds. The fraction of sp³-hybridized carbons (Fsp3) is 0.0769. The molecule has 3 N–H and O–H groups in total. The van der Waals surface area contributed by atoms with Crippen molar-refractivity contribution in [1.82, 2.24) is 15.2 Å². The van der Waals surface area contributed by atoms with Crippen molar-refractivity contribution in [2.24, 2.45) is 0 Å². The predicted octanol–water partition coefficient (Wildman–Crippen LogP) is 2.79. The van der Waals surface area contributed by atoms with E-state index in [1.54, 1.807) is 30.8 Å². The normalized spacial score (nSPS) is 10.6. The highest BCUT2D eigenvalue weighted by Gasteiger charge is 2.16. The number of nitrogen functional groups attached to an aromatic ring is 1. The molecule has 5 nitrogen and oxygen atoms in total. The van der Waals surface area contributed by atoms with E-state index in [0.717, 1.165) is 27.4 Å². The third kappa shape index (κ3) is 2.06. The molecular formula is C13H12N4OS. The monoisotopic (exact) mass is 272 g/mol. The van der Waals surface area contributed by atoms with Crippen LogP contribution in [0.5, 0.6) is 5.75 Å². The summed E-state index contributed by atoms with van der Waals surface area (Å²) in [4.78, 5) is 5.15. The molecule has 0 spiro atoms. The van der Waals surface area contributed by atoms with Gasteiger partial charge in [0.15, 0.2) is 5.82 Å². The van der Waals surface area contributed by atoms with E-state index in [0.29, 0.717) is 5.82 Å². The van der Waals surface area contributed by atoms with Crippen LogP contribution >= 0.6 is 11.3 Å². The largest absolute Gasteiger partial charge is 0.496 e. The maximum absolute atomic E-state index is 5.95. The number of pyridine rings is 1. The summed E-state index contributed by atoms with van der Waals surface area (Å²) in [6, 6.07) is 5.79. The molecule has 6 heteroatoms. The average Bonchev–Trinajstić information content (AvgIpc) is 3.05. The Kier molecular flexibility index (Phi) is 2.92. The maximum Gasteiger partial charge on any atom is 0.153 e. The first-order valence-electron chi connectivity index (χ1n) is 5.66. The van der Waals surface area contributed by atoms with Crippen molar-refractivity contribution in [2.75, 3.05) is 12.8 Å². The number of methoxy groups -OCH3 is 1. The molecule has 0 aliphatic heterocycles. The molecule has 0 saturated heterocycles. The fourth-order valence-electron chi connectivity index (χ4n) is 1.89. The zero-order valence-electron chi connectivity index (χ0n) is 10.3. The minimum absolute atomic E-state index is 0.468. The molecule has 0 unspecified atom stereocenters. The van der Waals surface area contributed by atoms with Gasteiger partial charge >= 0.3 is 0 Å². The number of thiophene rings is 1. The first kappa shape index (κ1) is 11.7. The van der Waals surface area contributed by atoms with Crippen LogP contribution in [0.1, 0.15) is 0 Å². The van der Waals surface area contributed by atoms with Crippen molar-refractivity contribution in [3.8, 4) is 27.4 Å². The molecule has 3 heterocycles. The quantitative estimate of drug-likeness (QED) is 0.768. The maximum atomic E-state index is 5.95. The molecule has 0 radical (unpaired) electrons. The SMILES string of the molecule is COc1csc(-c2[nH]nc(N)c2-c2cccnc2)c1. The van der Waals surface area contributed by atoms with Gasteiger partial charge in [0.25, 0.3) is 0 Å². The third-order valence-electron chi connectivity index (χ3n) is 2.80. The Bertz CT molecular complexity index is 690. The van der Waals surface area contributed by atoms with Crippen molar-refractivity contribution >= 4 is 17.2 Å². The van der Waals surface area contributed by atoms with Gasteiger partial charge in [0.1, 0.15) is 5.75 Å². The molecule has 0 fully saturated rings. The van der Waals surface area contributed by atoms with E-state index in [-0.39, 0.29) is 0 Å². The molecule has 3 aromatic heterocycles. The summed E-state index contributed by atoms with van der Waals surface area (Å²) >= 11 is 1.58. The molecule has 0 atom stereocenters. The lowest BCUT2D eigenvalue weighted by Gasteiger charge is -2.01. The summed E-state index contributed by atoms with van der Waals surface area (Å²) in [5.74, 6) is 1.29. The topological polar surface area (TPSA) is 76.8 Å². The average molecular weight is 272 g/mol. The lowest BCUT2D eigenvalue weighted by molar-refractivity contribution is 0.417. The van der Waals surface area contributed by atoms with Gasteiger partial charge in [-0.3, -0.25) is 10.1 Å².